The largest absolute Gasteiger partial charge is 0.379 e. The molecule has 0 aromatic carbocycles. The van der Waals surface area contributed by atoms with Crippen molar-refractivity contribution < 1.29 is 4.74 Å². The molecule has 2 saturated heterocycles. The molecule has 0 amide bonds. The molecule has 2 aromatic rings. The lowest BCUT2D eigenvalue weighted by Gasteiger charge is -2.32. The van der Waals surface area contributed by atoms with Crippen LogP contribution in [0.4, 0.5) is 0 Å². The molecule has 4 rings (SSSR count). The van der Waals surface area contributed by atoms with Crippen LogP contribution in [0.5, 0.6) is 0 Å². The normalized spacial score (nSPS) is 23.4. The first-order valence-corrected chi connectivity index (χ1v) is 10.5. The first-order valence-electron chi connectivity index (χ1n) is 10.1. The summed E-state index contributed by atoms with van der Waals surface area (Å²) >= 11 is 5.76. The summed E-state index contributed by atoms with van der Waals surface area (Å²) in [4.78, 5) is 9.41. The molecule has 0 aliphatic carbocycles. The summed E-state index contributed by atoms with van der Waals surface area (Å²) in [5, 5.41) is 4.35. The fraction of sp³-hybridized carbons (Fsp3) is 0.524. The van der Waals surface area contributed by atoms with Crippen LogP contribution in [0, 0.1) is 0 Å². The lowest BCUT2D eigenvalue weighted by molar-refractivity contribution is 0.0350. The monoisotopic (exact) mass is 399 g/mol. The zero-order chi connectivity index (χ0) is 19.5. The molecule has 0 spiro atoms. The van der Waals surface area contributed by atoms with Crippen molar-refractivity contribution in [2.45, 2.75) is 32.0 Å². The van der Waals surface area contributed by atoms with Crippen molar-refractivity contribution in [3.63, 3.8) is 0 Å². The lowest BCUT2D eigenvalue weighted by atomic mass is 9.99. The number of ether oxygens (including phenoxy) is 1. The zero-order valence-corrected chi connectivity index (χ0v) is 17.4. The standard InChI is InChI=1S/C21H29N5OS/c1-16(2)25-8-6-17(15-25)20-19(18-5-3-4-7-22-18)23-21(28)26(20)10-9-24-11-13-27-14-12-24/h3-8,15-16,19-20H,9-14H2,1-2H3,(H,23,28)/t19-,20-/m0/s1. The van der Waals surface area contributed by atoms with Crippen LogP contribution in [-0.4, -0.2) is 63.9 Å². The predicted molar refractivity (Wildman–Crippen MR) is 114 cm³/mol. The Bertz CT molecular complexity index is 787. The van der Waals surface area contributed by atoms with Gasteiger partial charge in [0.15, 0.2) is 5.11 Å². The van der Waals surface area contributed by atoms with Crippen molar-refractivity contribution in [2.75, 3.05) is 39.4 Å². The second-order valence-corrected chi connectivity index (χ2v) is 8.15. The highest BCUT2D eigenvalue weighted by Gasteiger charge is 2.40. The molecule has 6 nitrogen and oxygen atoms in total. The van der Waals surface area contributed by atoms with Gasteiger partial charge in [-0.25, -0.2) is 0 Å². The Hall–Kier alpha value is -1.96. The highest BCUT2D eigenvalue weighted by atomic mass is 32.1. The van der Waals surface area contributed by atoms with Gasteiger partial charge in [0, 0.05) is 50.8 Å². The Morgan fingerprint density at radius 2 is 2.04 bits per heavy atom. The van der Waals surface area contributed by atoms with Gasteiger partial charge in [-0.2, -0.15) is 0 Å². The number of hydrogen-bond acceptors (Lipinski definition) is 4. The quantitative estimate of drug-likeness (QED) is 0.754. The van der Waals surface area contributed by atoms with E-state index in [9.17, 15) is 0 Å². The third kappa shape index (κ3) is 4.06. The Morgan fingerprint density at radius 1 is 1.21 bits per heavy atom. The first-order chi connectivity index (χ1) is 13.6. The van der Waals surface area contributed by atoms with E-state index in [4.69, 9.17) is 17.0 Å². The fourth-order valence-electron chi connectivity index (χ4n) is 4.01. The fourth-order valence-corrected chi connectivity index (χ4v) is 4.34. The minimum atomic E-state index is 0.0569. The summed E-state index contributed by atoms with van der Waals surface area (Å²) in [6, 6.07) is 8.93. The molecule has 150 valence electrons. The number of nitrogens with one attached hydrogen (secondary N) is 1. The maximum absolute atomic E-state index is 5.76. The topological polar surface area (TPSA) is 45.6 Å². The average Bonchev–Trinajstić information content (AvgIpc) is 3.32. The number of nitrogens with zero attached hydrogens (tertiary/aromatic N) is 4. The number of rotatable bonds is 6. The SMILES string of the molecule is CC(C)n1ccc([C@H]2[C@H](c3ccccn3)NC(=S)N2CCN2CCOCC2)c1. The molecule has 2 aliphatic rings. The summed E-state index contributed by atoms with van der Waals surface area (Å²) < 4.78 is 7.73. The van der Waals surface area contributed by atoms with Crippen molar-refractivity contribution in [1.29, 1.82) is 0 Å². The van der Waals surface area contributed by atoms with Gasteiger partial charge in [-0.3, -0.25) is 9.88 Å². The van der Waals surface area contributed by atoms with Crippen molar-refractivity contribution in [3.8, 4) is 0 Å². The van der Waals surface area contributed by atoms with Gasteiger partial charge in [0.2, 0.25) is 0 Å². The van der Waals surface area contributed by atoms with Crippen molar-refractivity contribution in [1.82, 2.24) is 24.7 Å². The highest BCUT2D eigenvalue weighted by Crippen LogP contribution is 2.38. The smallest absolute Gasteiger partial charge is 0.170 e. The van der Waals surface area contributed by atoms with E-state index >= 15 is 0 Å². The average molecular weight is 400 g/mol. The van der Waals surface area contributed by atoms with Crippen LogP contribution < -0.4 is 5.32 Å². The second kappa shape index (κ2) is 8.59. The van der Waals surface area contributed by atoms with Crippen LogP contribution >= 0.6 is 12.2 Å². The number of aromatic nitrogens is 2. The van der Waals surface area contributed by atoms with Gasteiger partial charge in [-0.15, -0.1) is 0 Å². The van der Waals surface area contributed by atoms with E-state index in [2.05, 4.69) is 63.0 Å². The minimum absolute atomic E-state index is 0.0569. The maximum Gasteiger partial charge on any atom is 0.170 e. The molecule has 0 unspecified atom stereocenters. The molecular weight excluding hydrogens is 370 g/mol. The molecule has 0 bridgehead atoms. The Balaban J connectivity index is 1.59. The Labute approximate surface area is 172 Å². The van der Waals surface area contributed by atoms with Crippen LogP contribution in [0.2, 0.25) is 0 Å². The molecule has 7 heteroatoms. The van der Waals surface area contributed by atoms with E-state index in [0.29, 0.717) is 6.04 Å². The molecule has 0 saturated carbocycles. The highest BCUT2D eigenvalue weighted by molar-refractivity contribution is 7.80. The van der Waals surface area contributed by atoms with Crippen molar-refractivity contribution >= 4 is 17.3 Å². The zero-order valence-electron chi connectivity index (χ0n) is 16.6. The summed E-state index contributed by atoms with van der Waals surface area (Å²) in [6.07, 6.45) is 6.27. The summed E-state index contributed by atoms with van der Waals surface area (Å²) in [5.41, 5.74) is 2.31. The van der Waals surface area contributed by atoms with E-state index in [1.54, 1.807) is 0 Å². The van der Waals surface area contributed by atoms with Gasteiger partial charge in [-0.1, -0.05) is 6.07 Å². The number of morpholine rings is 1. The first kappa shape index (κ1) is 19.4. The van der Waals surface area contributed by atoms with Gasteiger partial charge < -0.3 is 19.5 Å². The molecule has 2 fully saturated rings. The van der Waals surface area contributed by atoms with E-state index in [1.807, 2.05) is 18.3 Å². The van der Waals surface area contributed by atoms with E-state index < -0.39 is 0 Å². The van der Waals surface area contributed by atoms with Gasteiger partial charge in [0.25, 0.3) is 0 Å². The van der Waals surface area contributed by atoms with E-state index in [0.717, 1.165) is 50.2 Å². The molecule has 28 heavy (non-hydrogen) atoms. The van der Waals surface area contributed by atoms with Gasteiger partial charge in [-0.05, 0) is 49.8 Å². The second-order valence-electron chi connectivity index (χ2n) is 7.76. The molecule has 4 heterocycles. The molecule has 2 atom stereocenters. The predicted octanol–water partition coefficient (Wildman–Crippen LogP) is 2.77. The van der Waals surface area contributed by atoms with Gasteiger partial charge in [0.1, 0.15) is 0 Å². The third-order valence-electron chi connectivity index (χ3n) is 5.63. The molecule has 2 aliphatic heterocycles. The Kier molecular flexibility index (Phi) is 5.94. The number of hydrogen-bond donors (Lipinski definition) is 1. The van der Waals surface area contributed by atoms with Gasteiger partial charge in [0.05, 0.1) is 31.0 Å². The van der Waals surface area contributed by atoms with Crippen molar-refractivity contribution in [2.24, 2.45) is 0 Å². The Morgan fingerprint density at radius 3 is 2.71 bits per heavy atom. The van der Waals surface area contributed by atoms with Crippen LogP contribution in [-0.2, 0) is 4.74 Å². The molecule has 0 radical (unpaired) electrons. The summed E-state index contributed by atoms with van der Waals surface area (Å²) in [7, 11) is 0. The third-order valence-corrected chi connectivity index (χ3v) is 5.99. The van der Waals surface area contributed by atoms with Crippen LogP contribution in [0.1, 0.15) is 43.2 Å². The van der Waals surface area contributed by atoms with Gasteiger partial charge >= 0.3 is 0 Å². The van der Waals surface area contributed by atoms with Crippen molar-refractivity contribution in [3.05, 3.63) is 54.1 Å². The molecular formula is C21H29N5OS. The van der Waals surface area contributed by atoms with Crippen LogP contribution in [0.25, 0.3) is 0 Å². The molecule has 2 aromatic heterocycles. The van der Waals surface area contributed by atoms with Crippen LogP contribution in [0.15, 0.2) is 42.9 Å². The maximum atomic E-state index is 5.76. The van der Waals surface area contributed by atoms with Crippen LogP contribution in [0.3, 0.4) is 0 Å². The minimum Gasteiger partial charge on any atom is -0.379 e. The summed E-state index contributed by atoms with van der Waals surface area (Å²) in [5.74, 6) is 0. The number of thiocarbonyl (C=S) groups is 1. The van der Waals surface area contributed by atoms with E-state index in [1.165, 1.54) is 5.56 Å². The molecule has 1 N–H and O–H groups in total. The lowest BCUT2D eigenvalue weighted by Crippen LogP contribution is -2.42. The summed E-state index contributed by atoms with van der Waals surface area (Å²) in [6.45, 7) is 9.91. The number of pyridine rings is 1. The van der Waals surface area contributed by atoms with E-state index in [-0.39, 0.29) is 12.1 Å².